The predicted octanol–water partition coefficient (Wildman–Crippen LogP) is 3.63. The summed E-state index contributed by atoms with van der Waals surface area (Å²) in [5.41, 5.74) is 2.45. The van der Waals surface area contributed by atoms with Gasteiger partial charge in [0.15, 0.2) is 0 Å². The number of hydrogen-bond donors (Lipinski definition) is 2. The molecular weight excluding hydrogens is 336 g/mol. The van der Waals surface area contributed by atoms with Crippen LogP contribution in [0.15, 0.2) is 47.4 Å². The normalized spacial score (nSPS) is 12.5. The van der Waals surface area contributed by atoms with Crippen LogP contribution in [0.25, 0.3) is 0 Å². The molecule has 6 heteroatoms. The summed E-state index contributed by atoms with van der Waals surface area (Å²) < 4.78 is 27.9. The first-order valence-electron chi connectivity index (χ1n) is 8.24. The number of carbonyl (C=O) groups is 1. The van der Waals surface area contributed by atoms with Gasteiger partial charge in [0.1, 0.15) is 0 Å². The smallest absolute Gasteiger partial charge is 0.261 e. The molecule has 2 N–H and O–H groups in total. The number of anilines is 1. The Bertz CT molecular complexity index is 876. The zero-order chi connectivity index (χ0) is 18.6. The predicted molar refractivity (Wildman–Crippen MR) is 100 cm³/mol. The second kappa shape index (κ2) is 7.70. The van der Waals surface area contributed by atoms with E-state index in [0.29, 0.717) is 11.3 Å². The van der Waals surface area contributed by atoms with E-state index >= 15 is 0 Å². The van der Waals surface area contributed by atoms with Gasteiger partial charge in [-0.1, -0.05) is 31.2 Å². The van der Waals surface area contributed by atoms with Crippen molar-refractivity contribution in [3.63, 3.8) is 0 Å². The van der Waals surface area contributed by atoms with Crippen LogP contribution in [0, 0.1) is 13.8 Å². The van der Waals surface area contributed by atoms with Gasteiger partial charge in [0, 0.05) is 11.6 Å². The Morgan fingerprint density at radius 3 is 2.40 bits per heavy atom. The number of rotatable bonds is 6. The minimum atomic E-state index is -3.77. The minimum absolute atomic E-state index is 0.0252. The average molecular weight is 360 g/mol. The lowest BCUT2D eigenvalue weighted by atomic mass is 10.1. The number of nitrogens with one attached hydrogen (secondary N) is 2. The summed E-state index contributed by atoms with van der Waals surface area (Å²) in [4.78, 5) is 12.5. The summed E-state index contributed by atoms with van der Waals surface area (Å²) in [7, 11) is -3.77. The van der Waals surface area contributed by atoms with E-state index in [1.165, 1.54) is 12.1 Å². The maximum atomic E-state index is 12.7. The van der Waals surface area contributed by atoms with Gasteiger partial charge in [-0.15, -0.1) is 0 Å². The highest BCUT2D eigenvalue weighted by Gasteiger charge is 2.19. The molecule has 1 atom stereocenters. The van der Waals surface area contributed by atoms with Crippen LogP contribution in [0.4, 0.5) is 5.69 Å². The number of benzene rings is 2. The Morgan fingerprint density at radius 2 is 1.76 bits per heavy atom. The first-order valence-corrected chi connectivity index (χ1v) is 9.73. The molecular formula is C19H24N2O3S. The zero-order valence-corrected chi connectivity index (χ0v) is 15.8. The summed E-state index contributed by atoms with van der Waals surface area (Å²) >= 11 is 0. The number of carbonyl (C=O) groups excluding carboxylic acids is 1. The molecule has 2 rings (SSSR count). The molecule has 0 spiro atoms. The van der Waals surface area contributed by atoms with E-state index in [1.54, 1.807) is 25.1 Å². The van der Waals surface area contributed by atoms with Gasteiger partial charge < -0.3 is 5.32 Å². The van der Waals surface area contributed by atoms with Crippen LogP contribution in [-0.2, 0) is 10.0 Å². The molecule has 0 aliphatic rings. The monoisotopic (exact) mass is 360 g/mol. The van der Waals surface area contributed by atoms with Crippen LogP contribution < -0.4 is 10.0 Å². The van der Waals surface area contributed by atoms with Crippen molar-refractivity contribution in [2.45, 2.75) is 45.1 Å². The van der Waals surface area contributed by atoms with Crippen molar-refractivity contribution in [2.24, 2.45) is 0 Å². The second-order valence-electron chi connectivity index (χ2n) is 6.18. The molecule has 0 aliphatic heterocycles. The lowest BCUT2D eigenvalue weighted by Crippen LogP contribution is -2.32. The molecule has 0 aliphatic carbocycles. The topological polar surface area (TPSA) is 75.3 Å². The maximum Gasteiger partial charge on any atom is 0.261 e. The fraction of sp³-hybridized carbons (Fsp3) is 0.316. The first kappa shape index (κ1) is 19.0. The highest BCUT2D eigenvalue weighted by molar-refractivity contribution is 7.92. The molecule has 0 unspecified atom stereocenters. The van der Waals surface area contributed by atoms with E-state index in [1.807, 2.05) is 32.9 Å². The maximum absolute atomic E-state index is 12.7. The lowest BCUT2D eigenvalue weighted by Gasteiger charge is -2.15. The third-order valence-electron chi connectivity index (χ3n) is 4.14. The van der Waals surface area contributed by atoms with Crippen molar-refractivity contribution >= 4 is 21.6 Å². The Hall–Kier alpha value is -2.34. The number of amides is 1. The lowest BCUT2D eigenvalue weighted by molar-refractivity contribution is 0.0938. The Labute approximate surface area is 149 Å². The number of hydrogen-bond acceptors (Lipinski definition) is 3. The summed E-state index contributed by atoms with van der Waals surface area (Å²) in [6.07, 6.45) is 0.803. The highest BCUT2D eigenvalue weighted by atomic mass is 32.2. The molecule has 1 amide bonds. The van der Waals surface area contributed by atoms with Gasteiger partial charge in [0.05, 0.1) is 10.6 Å². The highest BCUT2D eigenvalue weighted by Crippen LogP contribution is 2.21. The Balaban J connectivity index is 2.34. The molecule has 25 heavy (non-hydrogen) atoms. The van der Waals surface area contributed by atoms with Gasteiger partial charge in [0.25, 0.3) is 15.9 Å². The molecule has 0 aromatic heterocycles. The standard InChI is InChI=1S/C19H24N2O3S/c1-5-15(4)20-19(22)17-12-16(11-10-13(17)2)25(23,24)21-18-9-7-6-8-14(18)3/h6-12,15,21H,5H2,1-4H3,(H,20,22)/t15-/m1/s1. The van der Waals surface area contributed by atoms with Crippen LogP contribution in [0.1, 0.15) is 41.8 Å². The fourth-order valence-electron chi connectivity index (χ4n) is 2.31. The molecule has 0 bridgehead atoms. The van der Waals surface area contributed by atoms with Crippen molar-refractivity contribution in [1.82, 2.24) is 5.32 Å². The second-order valence-corrected chi connectivity index (χ2v) is 7.86. The van der Waals surface area contributed by atoms with Crippen LogP contribution in [0.3, 0.4) is 0 Å². The molecule has 0 radical (unpaired) electrons. The average Bonchev–Trinajstić information content (AvgIpc) is 2.56. The van der Waals surface area contributed by atoms with Crippen molar-refractivity contribution in [1.29, 1.82) is 0 Å². The van der Waals surface area contributed by atoms with Gasteiger partial charge >= 0.3 is 0 Å². The molecule has 134 valence electrons. The SMILES string of the molecule is CC[C@@H](C)NC(=O)c1cc(S(=O)(=O)Nc2ccccc2C)ccc1C. The molecule has 5 nitrogen and oxygen atoms in total. The van der Waals surface area contributed by atoms with Crippen LogP contribution >= 0.6 is 0 Å². The van der Waals surface area contributed by atoms with Crippen LogP contribution in [-0.4, -0.2) is 20.4 Å². The van der Waals surface area contributed by atoms with Crippen molar-refractivity contribution in [3.05, 3.63) is 59.2 Å². The fourth-order valence-corrected chi connectivity index (χ4v) is 3.46. The molecule has 0 heterocycles. The van der Waals surface area contributed by atoms with Crippen molar-refractivity contribution in [3.8, 4) is 0 Å². The van der Waals surface area contributed by atoms with E-state index in [0.717, 1.165) is 17.5 Å². The summed E-state index contributed by atoms with van der Waals surface area (Å²) in [5, 5.41) is 2.87. The van der Waals surface area contributed by atoms with Gasteiger partial charge in [-0.2, -0.15) is 0 Å². The van der Waals surface area contributed by atoms with Gasteiger partial charge in [-0.05, 0) is 56.5 Å². The van der Waals surface area contributed by atoms with E-state index in [-0.39, 0.29) is 16.8 Å². The molecule has 0 fully saturated rings. The first-order chi connectivity index (χ1) is 11.7. The van der Waals surface area contributed by atoms with Gasteiger partial charge in [-0.25, -0.2) is 8.42 Å². The largest absolute Gasteiger partial charge is 0.350 e. The number of para-hydroxylation sites is 1. The summed E-state index contributed by atoms with van der Waals surface area (Å²) in [6, 6.07) is 11.8. The Morgan fingerprint density at radius 1 is 1.08 bits per heavy atom. The van der Waals surface area contributed by atoms with Gasteiger partial charge in [-0.3, -0.25) is 9.52 Å². The van der Waals surface area contributed by atoms with Crippen LogP contribution in [0.5, 0.6) is 0 Å². The number of sulfonamides is 1. The number of aryl methyl sites for hydroxylation is 2. The van der Waals surface area contributed by atoms with E-state index in [2.05, 4.69) is 10.0 Å². The molecule has 0 saturated carbocycles. The summed E-state index contributed by atoms with van der Waals surface area (Å²) in [6.45, 7) is 7.51. The van der Waals surface area contributed by atoms with E-state index in [9.17, 15) is 13.2 Å². The van der Waals surface area contributed by atoms with Crippen molar-refractivity contribution < 1.29 is 13.2 Å². The van der Waals surface area contributed by atoms with Gasteiger partial charge in [0.2, 0.25) is 0 Å². The third-order valence-corrected chi connectivity index (χ3v) is 5.51. The van der Waals surface area contributed by atoms with E-state index < -0.39 is 10.0 Å². The molecule has 2 aromatic carbocycles. The molecule has 0 saturated heterocycles. The quantitative estimate of drug-likeness (QED) is 0.826. The summed E-state index contributed by atoms with van der Waals surface area (Å²) in [5.74, 6) is -0.264. The minimum Gasteiger partial charge on any atom is -0.350 e. The molecule has 2 aromatic rings. The van der Waals surface area contributed by atoms with Crippen LogP contribution in [0.2, 0.25) is 0 Å². The Kier molecular flexibility index (Phi) is 5.85. The third kappa shape index (κ3) is 4.60. The van der Waals surface area contributed by atoms with E-state index in [4.69, 9.17) is 0 Å². The zero-order valence-electron chi connectivity index (χ0n) is 15.0. The van der Waals surface area contributed by atoms with Crippen molar-refractivity contribution in [2.75, 3.05) is 4.72 Å².